The van der Waals surface area contributed by atoms with Crippen LogP contribution in [0.4, 0.5) is 0 Å². The van der Waals surface area contributed by atoms with Crippen LogP contribution >= 0.6 is 34.7 Å². The molecule has 0 unspecified atom stereocenters. The zero-order valence-corrected chi connectivity index (χ0v) is 14.7. The molecule has 1 aromatic rings. The number of ether oxygens (including phenoxy) is 1. The molecule has 1 heterocycles. The number of hydrogen-bond donors (Lipinski definition) is 1. The number of nitrogens with zero attached hydrogens (tertiary/aromatic N) is 1. The minimum Gasteiger partial charge on any atom is -0.447 e. The van der Waals surface area contributed by atoms with Gasteiger partial charge in [-0.25, -0.2) is 4.79 Å². The Labute approximate surface area is 138 Å². The lowest BCUT2D eigenvalue weighted by Gasteiger charge is -2.27. The SMILES string of the molecule is CC[C@@H](OC(=O)c1nsc(Cl)c1Cl)C(=O)NC(C)(C)CC. The molecule has 0 saturated carbocycles. The topological polar surface area (TPSA) is 68.3 Å². The fourth-order valence-electron chi connectivity index (χ4n) is 1.40. The molecule has 1 atom stereocenters. The van der Waals surface area contributed by atoms with Gasteiger partial charge in [0, 0.05) is 5.54 Å². The Morgan fingerprint density at radius 1 is 1.38 bits per heavy atom. The summed E-state index contributed by atoms with van der Waals surface area (Å²) < 4.78 is 9.22. The van der Waals surface area contributed by atoms with Crippen molar-refractivity contribution in [3.05, 3.63) is 15.1 Å². The molecule has 0 aliphatic carbocycles. The van der Waals surface area contributed by atoms with E-state index in [1.807, 2.05) is 20.8 Å². The Kier molecular flexibility index (Phi) is 6.43. The molecule has 0 bridgehead atoms. The van der Waals surface area contributed by atoms with Gasteiger partial charge in [0.05, 0.1) is 0 Å². The molecule has 1 amide bonds. The smallest absolute Gasteiger partial charge is 0.360 e. The number of carbonyl (C=O) groups is 2. The predicted octanol–water partition coefficient (Wildman–Crippen LogP) is 3.69. The Hall–Kier alpha value is -0.850. The largest absolute Gasteiger partial charge is 0.447 e. The number of esters is 1. The number of amides is 1. The third kappa shape index (κ3) is 4.83. The van der Waals surface area contributed by atoms with Gasteiger partial charge in [-0.05, 0) is 38.2 Å². The van der Waals surface area contributed by atoms with Crippen LogP contribution in [0.15, 0.2) is 0 Å². The number of rotatable bonds is 6. The maximum Gasteiger partial charge on any atom is 0.360 e. The van der Waals surface area contributed by atoms with Gasteiger partial charge in [-0.2, -0.15) is 4.37 Å². The van der Waals surface area contributed by atoms with Gasteiger partial charge in [0.2, 0.25) is 0 Å². The van der Waals surface area contributed by atoms with Crippen LogP contribution in [0.1, 0.15) is 51.0 Å². The molecule has 0 saturated heterocycles. The van der Waals surface area contributed by atoms with Crippen LogP contribution in [0.25, 0.3) is 0 Å². The van der Waals surface area contributed by atoms with E-state index in [0.29, 0.717) is 6.42 Å². The van der Waals surface area contributed by atoms with E-state index in [-0.39, 0.29) is 26.5 Å². The molecule has 0 fully saturated rings. The van der Waals surface area contributed by atoms with E-state index >= 15 is 0 Å². The summed E-state index contributed by atoms with van der Waals surface area (Å²) in [4.78, 5) is 24.1. The van der Waals surface area contributed by atoms with Crippen LogP contribution in [0, 0.1) is 0 Å². The third-order valence-corrected chi connectivity index (χ3v) is 4.66. The Morgan fingerprint density at radius 3 is 2.43 bits per heavy atom. The van der Waals surface area contributed by atoms with Crippen molar-refractivity contribution in [2.75, 3.05) is 0 Å². The molecular formula is C13H18Cl2N2O3S. The molecule has 0 aromatic carbocycles. The lowest BCUT2D eigenvalue weighted by molar-refractivity contribution is -0.131. The molecular weight excluding hydrogens is 335 g/mol. The van der Waals surface area contributed by atoms with E-state index in [0.717, 1.165) is 18.0 Å². The second-order valence-electron chi connectivity index (χ2n) is 5.15. The van der Waals surface area contributed by atoms with Gasteiger partial charge in [-0.3, -0.25) is 4.79 Å². The van der Waals surface area contributed by atoms with Crippen LogP contribution in [-0.2, 0) is 9.53 Å². The van der Waals surface area contributed by atoms with Gasteiger partial charge in [0.25, 0.3) is 5.91 Å². The van der Waals surface area contributed by atoms with Crippen molar-refractivity contribution in [1.29, 1.82) is 0 Å². The first kappa shape index (κ1) is 18.2. The molecule has 1 N–H and O–H groups in total. The van der Waals surface area contributed by atoms with E-state index < -0.39 is 12.1 Å². The maximum absolute atomic E-state index is 12.1. The van der Waals surface area contributed by atoms with Crippen molar-refractivity contribution in [3.8, 4) is 0 Å². The lowest BCUT2D eigenvalue weighted by atomic mass is 10.0. The predicted molar refractivity (Wildman–Crippen MR) is 84.1 cm³/mol. The zero-order chi connectivity index (χ0) is 16.2. The Balaban J connectivity index is 2.76. The molecule has 21 heavy (non-hydrogen) atoms. The molecule has 118 valence electrons. The molecule has 0 aliphatic heterocycles. The first-order valence-electron chi connectivity index (χ1n) is 6.55. The molecule has 5 nitrogen and oxygen atoms in total. The zero-order valence-electron chi connectivity index (χ0n) is 12.3. The summed E-state index contributed by atoms with van der Waals surface area (Å²) in [6, 6.07) is 0. The van der Waals surface area contributed by atoms with E-state index in [9.17, 15) is 9.59 Å². The van der Waals surface area contributed by atoms with Crippen molar-refractivity contribution in [3.63, 3.8) is 0 Å². The highest BCUT2D eigenvalue weighted by molar-refractivity contribution is 7.11. The van der Waals surface area contributed by atoms with Crippen molar-refractivity contribution in [1.82, 2.24) is 9.69 Å². The van der Waals surface area contributed by atoms with Crippen molar-refractivity contribution < 1.29 is 14.3 Å². The van der Waals surface area contributed by atoms with Crippen molar-refractivity contribution >= 4 is 46.6 Å². The normalized spacial score (nSPS) is 12.9. The first-order chi connectivity index (χ1) is 9.71. The summed E-state index contributed by atoms with van der Waals surface area (Å²) in [5.74, 6) is -1.09. The van der Waals surface area contributed by atoms with Gasteiger partial charge >= 0.3 is 5.97 Å². The standard InChI is InChI=1S/C13H18Cl2N2O3S/c1-5-7(11(18)16-13(3,4)6-2)20-12(19)9-8(14)10(15)21-17-9/h7H,5-6H2,1-4H3,(H,16,18)/t7-/m1/s1. The van der Waals surface area contributed by atoms with Crippen LogP contribution in [0.5, 0.6) is 0 Å². The summed E-state index contributed by atoms with van der Waals surface area (Å²) in [5, 5.41) is 2.89. The van der Waals surface area contributed by atoms with E-state index in [2.05, 4.69) is 9.69 Å². The van der Waals surface area contributed by atoms with Crippen LogP contribution in [0.3, 0.4) is 0 Å². The van der Waals surface area contributed by atoms with Gasteiger partial charge in [0.15, 0.2) is 11.8 Å². The first-order valence-corrected chi connectivity index (χ1v) is 8.08. The molecule has 0 spiro atoms. The fourth-order valence-corrected chi connectivity index (χ4v) is 2.38. The number of hydrogen-bond acceptors (Lipinski definition) is 5. The molecule has 0 aliphatic rings. The summed E-state index contributed by atoms with van der Waals surface area (Å²) >= 11 is 12.5. The highest BCUT2D eigenvalue weighted by Crippen LogP contribution is 2.30. The van der Waals surface area contributed by atoms with E-state index in [1.54, 1.807) is 6.92 Å². The average Bonchev–Trinajstić information content (AvgIpc) is 2.75. The van der Waals surface area contributed by atoms with Crippen molar-refractivity contribution in [2.24, 2.45) is 0 Å². The number of halogens is 2. The number of carbonyl (C=O) groups excluding carboxylic acids is 2. The van der Waals surface area contributed by atoms with Crippen LogP contribution < -0.4 is 5.32 Å². The van der Waals surface area contributed by atoms with Gasteiger partial charge in [-0.15, -0.1) is 0 Å². The minimum atomic E-state index is -0.889. The summed E-state index contributed by atoms with van der Waals surface area (Å²) in [5.41, 5.74) is -0.425. The van der Waals surface area contributed by atoms with Crippen molar-refractivity contribution in [2.45, 2.75) is 52.2 Å². The quantitative estimate of drug-likeness (QED) is 0.792. The monoisotopic (exact) mass is 352 g/mol. The second kappa shape index (κ2) is 7.42. The van der Waals surface area contributed by atoms with E-state index in [4.69, 9.17) is 27.9 Å². The summed E-state index contributed by atoms with van der Waals surface area (Å²) in [6.07, 6.45) is 0.226. The number of aromatic nitrogens is 1. The Morgan fingerprint density at radius 2 is 2.00 bits per heavy atom. The molecule has 8 heteroatoms. The molecule has 1 rings (SSSR count). The third-order valence-electron chi connectivity index (χ3n) is 3.05. The molecule has 0 radical (unpaired) electrons. The van der Waals surface area contributed by atoms with Gasteiger partial charge in [0.1, 0.15) is 9.36 Å². The van der Waals surface area contributed by atoms with Gasteiger partial charge in [-0.1, -0.05) is 37.0 Å². The highest BCUT2D eigenvalue weighted by atomic mass is 35.5. The minimum absolute atomic E-state index is 0.0517. The van der Waals surface area contributed by atoms with Crippen LogP contribution in [-0.4, -0.2) is 27.9 Å². The lowest BCUT2D eigenvalue weighted by Crippen LogP contribution is -2.48. The number of nitrogens with one attached hydrogen (secondary N) is 1. The Bertz CT molecular complexity index is 531. The fraction of sp³-hybridized carbons (Fsp3) is 0.615. The second-order valence-corrected chi connectivity index (χ2v) is 6.90. The van der Waals surface area contributed by atoms with Gasteiger partial charge < -0.3 is 10.1 Å². The van der Waals surface area contributed by atoms with Crippen LogP contribution in [0.2, 0.25) is 9.36 Å². The maximum atomic E-state index is 12.1. The average molecular weight is 353 g/mol. The van der Waals surface area contributed by atoms with E-state index in [1.165, 1.54) is 0 Å². The summed E-state index contributed by atoms with van der Waals surface area (Å²) in [6.45, 7) is 7.52. The summed E-state index contributed by atoms with van der Waals surface area (Å²) in [7, 11) is 0. The highest BCUT2D eigenvalue weighted by Gasteiger charge is 2.28. The molecule has 1 aromatic heterocycles.